The zero-order valence-corrected chi connectivity index (χ0v) is 14.1. The fraction of sp³-hybridized carbons (Fsp3) is 0. The van der Waals surface area contributed by atoms with E-state index in [1.807, 2.05) is 30.3 Å². The summed E-state index contributed by atoms with van der Waals surface area (Å²) in [6, 6.07) is 18.4. The Morgan fingerprint density at radius 2 is 1.67 bits per heavy atom. The fourth-order valence-electron chi connectivity index (χ4n) is 3.95. The summed E-state index contributed by atoms with van der Waals surface area (Å²) in [5, 5.41) is 2.52. The summed E-state index contributed by atoms with van der Waals surface area (Å²) in [6.07, 6.45) is 4.80. The van der Waals surface area contributed by atoms with Crippen LogP contribution in [0.3, 0.4) is 0 Å². The Morgan fingerprint density at radius 3 is 2.56 bits per heavy atom. The molecule has 2 aromatic carbocycles. The Morgan fingerprint density at radius 1 is 0.778 bits per heavy atom. The first-order valence-electron chi connectivity index (χ1n) is 8.66. The van der Waals surface area contributed by atoms with Crippen LogP contribution in [0.25, 0.3) is 49.4 Å². The van der Waals surface area contributed by atoms with E-state index in [0.717, 1.165) is 38.4 Å². The molecule has 126 valence electrons. The van der Waals surface area contributed by atoms with Crippen LogP contribution >= 0.6 is 0 Å². The molecule has 0 fully saturated rings. The van der Waals surface area contributed by atoms with Crippen LogP contribution in [0.5, 0.6) is 0 Å². The first-order valence-corrected chi connectivity index (χ1v) is 8.66. The van der Waals surface area contributed by atoms with Crippen LogP contribution in [0.4, 0.5) is 0 Å². The van der Waals surface area contributed by atoms with Gasteiger partial charge in [0.15, 0.2) is 0 Å². The van der Waals surface area contributed by atoms with E-state index in [1.54, 1.807) is 16.8 Å². The van der Waals surface area contributed by atoms with Crippen molar-refractivity contribution >= 4 is 38.2 Å². The van der Waals surface area contributed by atoms with E-state index >= 15 is 0 Å². The Kier molecular flexibility index (Phi) is 2.69. The average Bonchev–Trinajstić information content (AvgIpc) is 3.07. The molecule has 0 atom stereocenters. The van der Waals surface area contributed by atoms with Gasteiger partial charge in [0.05, 0.1) is 16.4 Å². The third-order valence-electron chi connectivity index (χ3n) is 5.15. The van der Waals surface area contributed by atoms with Crippen LogP contribution in [-0.2, 0) is 0 Å². The predicted molar refractivity (Wildman–Crippen MR) is 106 cm³/mol. The minimum atomic E-state index is -0.112. The van der Waals surface area contributed by atoms with Crippen molar-refractivity contribution in [1.82, 2.24) is 19.4 Å². The highest BCUT2D eigenvalue weighted by Gasteiger charge is 2.18. The second-order valence-corrected chi connectivity index (χ2v) is 6.58. The van der Waals surface area contributed by atoms with Crippen LogP contribution in [0, 0.1) is 0 Å². The van der Waals surface area contributed by atoms with Crippen LogP contribution in [-0.4, -0.2) is 19.4 Å². The summed E-state index contributed by atoms with van der Waals surface area (Å²) < 4.78 is 1.74. The molecule has 0 aliphatic rings. The predicted octanol–water partition coefficient (Wildman–Crippen LogP) is 4.05. The molecule has 5 nitrogen and oxygen atoms in total. The van der Waals surface area contributed by atoms with Gasteiger partial charge in [0.25, 0.3) is 5.56 Å². The molecule has 0 bridgehead atoms. The van der Waals surface area contributed by atoms with Crippen LogP contribution in [0.1, 0.15) is 0 Å². The summed E-state index contributed by atoms with van der Waals surface area (Å²) in [7, 11) is 0. The molecule has 27 heavy (non-hydrogen) atoms. The van der Waals surface area contributed by atoms with Gasteiger partial charge in [-0.1, -0.05) is 36.4 Å². The lowest BCUT2D eigenvalue weighted by molar-refractivity contribution is 1.16. The number of nitrogens with zero attached hydrogens (tertiary/aromatic N) is 4. The standard InChI is InChI=1S/C22H12N4O/c27-22-17-11-23-12-25-19(17)20-21-15(8-9-24-20)16-10-14(6-7-18(16)26(21)22)13-4-2-1-3-5-13/h1-12H. The van der Waals surface area contributed by atoms with Gasteiger partial charge in [-0.15, -0.1) is 0 Å². The molecule has 4 aromatic heterocycles. The maximum atomic E-state index is 13.2. The number of aromatic nitrogens is 4. The molecular weight excluding hydrogens is 336 g/mol. The maximum absolute atomic E-state index is 13.2. The van der Waals surface area contributed by atoms with E-state index in [-0.39, 0.29) is 5.56 Å². The Labute approximate surface area is 152 Å². The topological polar surface area (TPSA) is 60.2 Å². The third-order valence-corrected chi connectivity index (χ3v) is 5.15. The molecule has 0 radical (unpaired) electrons. The SMILES string of the molecule is O=c1c2cncnc2c2nccc3c4cc(-c5ccccc5)ccc4n1c32. The lowest BCUT2D eigenvalue weighted by atomic mass is 10.0. The second-order valence-electron chi connectivity index (χ2n) is 6.58. The number of benzene rings is 2. The van der Waals surface area contributed by atoms with E-state index in [0.29, 0.717) is 10.9 Å². The van der Waals surface area contributed by atoms with Crippen molar-refractivity contribution in [3.8, 4) is 11.1 Å². The highest BCUT2D eigenvalue weighted by Crippen LogP contribution is 2.34. The molecule has 6 aromatic rings. The summed E-state index contributed by atoms with van der Waals surface area (Å²) in [5.74, 6) is 0. The van der Waals surface area contributed by atoms with Crippen molar-refractivity contribution in [2.45, 2.75) is 0 Å². The van der Waals surface area contributed by atoms with Gasteiger partial charge in [-0.3, -0.25) is 14.2 Å². The van der Waals surface area contributed by atoms with Gasteiger partial charge in [-0.25, -0.2) is 9.97 Å². The molecule has 0 aliphatic heterocycles. The zero-order valence-electron chi connectivity index (χ0n) is 14.1. The van der Waals surface area contributed by atoms with Gasteiger partial charge >= 0.3 is 0 Å². The van der Waals surface area contributed by atoms with Crippen molar-refractivity contribution in [3.05, 3.63) is 83.7 Å². The summed E-state index contributed by atoms with van der Waals surface area (Å²) in [4.78, 5) is 26.1. The molecule has 0 saturated carbocycles. The second kappa shape index (κ2) is 5.08. The van der Waals surface area contributed by atoms with Crippen LogP contribution in [0.15, 0.2) is 78.1 Å². The monoisotopic (exact) mass is 348 g/mol. The van der Waals surface area contributed by atoms with Crippen LogP contribution < -0.4 is 5.56 Å². The van der Waals surface area contributed by atoms with Gasteiger partial charge in [0.1, 0.15) is 17.4 Å². The summed E-state index contributed by atoms with van der Waals surface area (Å²) in [6.45, 7) is 0. The molecule has 0 unspecified atom stereocenters. The van der Waals surface area contributed by atoms with E-state index in [2.05, 4.69) is 39.2 Å². The molecule has 0 spiro atoms. The molecule has 0 saturated heterocycles. The van der Waals surface area contributed by atoms with E-state index in [1.165, 1.54) is 6.33 Å². The van der Waals surface area contributed by atoms with Crippen molar-refractivity contribution in [3.63, 3.8) is 0 Å². The molecular formula is C22H12N4O. The fourth-order valence-corrected chi connectivity index (χ4v) is 3.95. The molecule has 0 aliphatic carbocycles. The van der Waals surface area contributed by atoms with E-state index in [4.69, 9.17) is 0 Å². The number of hydrogen-bond donors (Lipinski definition) is 0. The minimum absolute atomic E-state index is 0.112. The minimum Gasteiger partial charge on any atom is -0.273 e. The molecule has 0 N–H and O–H groups in total. The van der Waals surface area contributed by atoms with Gasteiger partial charge in [0, 0.05) is 23.2 Å². The highest BCUT2D eigenvalue weighted by molar-refractivity contribution is 6.18. The lowest BCUT2D eigenvalue weighted by Crippen LogP contribution is -2.14. The Bertz CT molecular complexity index is 1540. The Hall–Kier alpha value is -3.86. The quantitative estimate of drug-likeness (QED) is 0.421. The molecule has 6 rings (SSSR count). The highest BCUT2D eigenvalue weighted by atomic mass is 16.1. The van der Waals surface area contributed by atoms with E-state index in [9.17, 15) is 4.79 Å². The number of fused-ring (bicyclic) bond motifs is 5. The number of hydrogen-bond acceptors (Lipinski definition) is 4. The average molecular weight is 348 g/mol. The van der Waals surface area contributed by atoms with Crippen molar-refractivity contribution in [2.24, 2.45) is 0 Å². The van der Waals surface area contributed by atoms with Gasteiger partial charge in [-0.2, -0.15) is 0 Å². The van der Waals surface area contributed by atoms with Gasteiger partial charge in [-0.05, 0) is 29.3 Å². The largest absolute Gasteiger partial charge is 0.273 e. The first-order chi connectivity index (χ1) is 13.3. The molecule has 0 amide bonds. The maximum Gasteiger partial charge on any atom is 0.266 e. The van der Waals surface area contributed by atoms with Gasteiger partial charge < -0.3 is 0 Å². The third kappa shape index (κ3) is 1.83. The first kappa shape index (κ1) is 14.3. The van der Waals surface area contributed by atoms with E-state index < -0.39 is 0 Å². The zero-order chi connectivity index (χ0) is 18.0. The Balaban J connectivity index is 1.86. The number of rotatable bonds is 1. The summed E-state index contributed by atoms with van der Waals surface area (Å²) in [5.41, 5.74) is 5.15. The van der Waals surface area contributed by atoms with Crippen molar-refractivity contribution in [2.75, 3.05) is 0 Å². The summed E-state index contributed by atoms with van der Waals surface area (Å²) >= 11 is 0. The van der Waals surface area contributed by atoms with Crippen molar-refractivity contribution in [1.29, 1.82) is 0 Å². The number of pyridine rings is 2. The molecule has 4 heterocycles. The lowest BCUT2D eigenvalue weighted by Gasteiger charge is -2.03. The van der Waals surface area contributed by atoms with Crippen LogP contribution in [0.2, 0.25) is 0 Å². The normalized spacial score (nSPS) is 11.9. The van der Waals surface area contributed by atoms with Crippen molar-refractivity contribution < 1.29 is 0 Å². The van der Waals surface area contributed by atoms with Gasteiger partial charge in [0.2, 0.25) is 0 Å². The molecule has 5 heteroatoms. The smallest absolute Gasteiger partial charge is 0.266 e.